The van der Waals surface area contributed by atoms with Gasteiger partial charge in [-0.3, -0.25) is 10.1 Å². The molecule has 0 saturated heterocycles. The van der Waals surface area contributed by atoms with Crippen LogP contribution in [0.2, 0.25) is 0 Å². The van der Waals surface area contributed by atoms with Crippen molar-refractivity contribution in [3.8, 4) is 0 Å². The molecule has 1 atom stereocenters. The van der Waals surface area contributed by atoms with Gasteiger partial charge in [-0.25, -0.2) is 9.78 Å². The van der Waals surface area contributed by atoms with Gasteiger partial charge in [0, 0.05) is 19.2 Å². The van der Waals surface area contributed by atoms with Crippen molar-refractivity contribution in [2.45, 2.75) is 93.0 Å². The van der Waals surface area contributed by atoms with Gasteiger partial charge in [0.15, 0.2) is 5.13 Å². The second-order valence-corrected chi connectivity index (χ2v) is 11.7. The van der Waals surface area contributed by atoms with E-state index in [4.69, 9.17) is 9.84 Å². The maximum Gasteiger partial charge on any atom is 0.324 e. The maximum atomic E-state index is 13.4. The Bertz CT molecular complexity index is 771. The average Bonchev–Trinajstić information content (AvgIpc) is 3.53. The van der Waals surface area contributed by atoms with E-state index in [1.807, 2.05) is 7.11 Å². The van der Waals surface area contributed by atoms with Crippen LogP contribution in [0.3, 0.4) is 0 Å². The SMILES string of the molecule is COC(C1CC1)C1CCC(N(C(=O)Nc2ncc(SCC(=O)O)s2)C2CCCCC2)CC1. The van der Waals surface area contributed by atoms with Crippen molar-refractivity contribution in [3.63, 3.8) is 0 Å². The van der Waals surface area contributed by atoms with Gasteiger partial charge in [0.1, 0.15) is 0 Å². The minimum Gasteiger partial charge on any atom is -0.481 e. The average molecular weight is 482 g/mol. The van der Waals surface area contributed by atoms with Crippen LogP contribution in [-0.4, -0.2) is 58.0 Å². The summed E-state index contributed by atoms with van der Waals surface area (Å²) in [5.41, 5.74) is 0. The number of carboxylic acids is 1. The Morgan fingerprint density at radius 2 is 1.75 bits per heavy atom. The molecule has 3 saturated carbocycles. The molecule has 3 aliphatic rings. The number of aromatic nitrogens is 1. The van der Waals surface area contributed by atoms with Gasteiger partial charge in [-0.1, -0.05) is 30.6 Å². The summed E-state index contributed by atoms with van der Waals surface area (Å²) >= 11 is 2.58. The first-order valence-electron chi connectivity index (χ1n) is 12.0. The van der Waals surface area contributed by atoms with E-state index in [-0.39, 0.29) is 17.8 Å². The quantitative estimate of drug-likeness (QED) is 0.455. The van der Waals surface area contributed by atoms with Gasteiger partial charge in [-0.2, -0.15) is 0 Å². The van der Waals surface area contributed by atoms with Crippen molar-refractivity contribution in [2.75, 3.05) is 18.2 Å². The number of thioether (sulfide) groups is 1. The van der Waals surface area contributed by atoms with E-state index in [1.54, 1.807) is 6.20 Å². The van der Waals surface area contributed by atoms with E-state index in [9.17, 15) is 9.59 Å². The Morgan fingerprint density at radius 1 is 1.12 bits per heavy atom. The first-order chi connectivity index (χ1) is 15.5. The highest BCUT2D eigenvalue weighted by atomic mass is 32.2. The molecule has 0 bridgehead atoms. The summed E-state index contributed by atoms with van der Waals surface area (Å²) < 4.78 is 6.65. The molecule has 0 spiro atoms. The standard InChI is InChI=1S/C23H35N3O4S2/c1-30-21(15-7-8-15)16-9-11-18(12-10-16)26(17-5-3-2-4-6-17)23(29)25-22-24-13-20(32-22)31-14-19(27)28/h13,15-18,21H,2-12,14H2,1H3,(H,27,28)(H,24,25,29). The van der Waals surface area contributed by atoms with E-state index < -0.39 is 5.97 Å². The van der Waals surface area contributed by atoms with Crippen molar-refractivity contribution < 1.29 is 19.4 Å². The molecule has 9 heteroatoms. The molecule has 4 rings (SSSR count). The Labute approximate surface area is 198 Å². The molecule has 2 amide bonds. The summed E-state index contributed by atoms with van der Waals surface area (Å²) in [6.07, 6.45) is 14.8. The summed E-state index contributed by atoms with van der Waals surface area (Å²) in [6, 6.07) is 0.523. The smallest absolute Gasteiger partial charge is 0.324 e. The van der Waals surface area contributed by atoms with Crippen LogP contribution < -0.4 is 5.32 Å². The van der Waals surface area contributed by atoms with Crippen molar-refractivity contribution in [3.05, 3.63) is 6.20 Å². The Kier molecular flexibility index (Phi) is 8.34. The largest absolute Gasteiger partial charge is 0.481 e. The number of hydrogen-bond donors (Lipinski definition) is 2. The molecule has 1 aromatic heterocycles. The maximum absolute atomic E-state index is 13.4. The number of ether oxygens (including phenoxy) is 1. The zero-order valence-corrected chi connectivity index (χ0v) is 20.5. The predicted octanol–water partition coefficient (Wildman–Crippen LogP) is 5.47. The number of carbonyl (C=O) groups is 2. The highest BCUT2D eigenvalue weighted by Gasteiger charge is 2.41. The van der Waals surface area contributed by atoms with Crippen molar-refractivity contribution in [1.82, 2.24) is 9.88 Å². The van der Waals surface area contributed by atoms with Crippen LogP contribution >= 0.6 is 23.1 Å². The zero-order chi connectivity index (χ0) is 22.5. The van der Waals surface area contributed by atoms with Gasteiger partial charge < -0.3 is 14.7 Å². The van der Waals surface area contributed by atoms with Gasteiger partial charge in [0.2, 0.25) is 0 Å². The summed E-state index contributed by atoms with van der Waals surface area (Å²) in [7, 11) is 1.86. The first kappa shape index (κ1) is 23.8. The molecule has 3 aliphatic carbocycles. The Balaban J connectivity index is 1.39. The summed E-state index contributed by atoms with van der Waals surface area (Å²) in [5, 5.41) is 12.4. The lowest BCUT2D eigenvalue weighted by Crippen LogP contribution is -2.51. The molecule has 178 valence electrons. The van der Waals surface area contributed by atoms with Crippen LogP contribution in [-0.2, 0) is 9.53 Å². The van der Waals surface area contributed by atoms with Crippen LogP contribution in [0.25, 0.3) is 0 Å². The number of carbonyl (C=O) groups excluding carboxylic acids is 1. The number of nitrogens with one attached hydrogen (secondary N) is 1. The second kappa shape index (κ2) is 11.2. The lowest BCUT2D eigenvalue weighted by atomic mass is 9.79. The van der Waals surface area contributed by atoms with Gasteiger partial charge in [0.05, 0.1) is 22.3 Å². The van der Waals surface area contributed by atoms with Crippen LogP contribution in [0.5, 0.6) is 0 Å². The predicted molar refractivity (Wildman–Crippen MR) is 127 cm³/mol. The van der Waals surface area contributed by atoms with Crippen LogP contribution in [0.15, 0.2) is 10.4 Å². The fraction of sp³-hybridized carbons (Fsp3) is 0.783. The number of aliphatic carboxylic acids is 1. The number of hydrogen-bond acceptors (Lipinski definition) is 6. The fourth-order valence-corrected chi connectivity index (χ4v) is 7.15. The molecule has 7 nitrogen and oxygen atoms in total. The van der Waals surface area contributed by atoms with Gasteiger partial charge >= 0.3 is 12.0 Å². The van der Waals surface area contributed by atoms with Crippen molar-refractivity contribution in [2.24, 2.45) is 11.8 Å². The van der Waals surface area contributed by atoms with E-state index in [0.29, 0.717) is 23.2 Å². The summed E-state index contributed by atoms with van der Waals surface area (Å²) in [6.45, 7) is 0. The number of urea groups is 1. The highest BCUT2D eigenvalue weighted by molar-refractivity contribution is 8.01. The van der Waals surface area contributed by atoms with E-state index >= 15 is 0 Å². The topological polar surface area (TPSA) is 91.8 Å². The number of carboxylic acid groups (broad SMARTS) is 1. The monoisotopic (exact) mass is 481 g/mol. The minimum absolute atomic E-state index is 0.00363. The molecule has 3 fully saturated rings. The number of thiazole rings is 1. The van der Waals surface area contributed by atoms with E-state index in [0.717, 1.165) is 48.7 Å². The highest BCUT2D eigenvalue weighted by Crippen LogP contribution is 2.43. The van der Waals surface area contributed by atoms with Crippen LogP contribution in [0.1, 0.15) is 70.6 Å². The number of nitrogens with zero attached hydrogens (tertiary/aromatic N) is 2. The Morgan fingerprint density at radius 3 is 2.34 bits per heavy atom. The summed E-state index contributed by atoms with van der Waals surface area (Å²) in [5.74, 6) is 0.506. The number of anilines is 1. The molecular weight excluding hydrogens is 446 g/mol. The lowest BCUT2D eigenvalue weighted by Gasteiger charge is -2.43. The fourth-order valence-electron chi connectivity index (χ4n) is 5.56. The summed E-state index contributed by atoms with van der Waals surface area (Å²) in [4.78, 5) is 30.7. The molecule has 1 aromatic rings. The normalized spacial score (nSPS) is 25.3. The minimum atomic E-state index is -0.856. The third-order valence-corrected chi connectivity index (χ3v) is 9.29. The third-order valence-electron chi connectivity index (χ3n) is 7.20. The van der Waals surface area contributed by atoms with Gasteiger partial charge in [-0.05, 0) is 63.2 Å². The van der Waals surface area contributed by atoms with E-state index in [1.165, 1.54) is 55.2 Å². The van der Waals surface area contributed by atoms with Crippen LogP contribution in [0, 0.1) is 11.8 Å². The molecule has 32 heavy (non-hydrogen) atoms. The second-order valence-electron chi connectivity index (χ2n) is 9.40. The lowest BCUT2D eigenvalue weighted by molar-refractivity contribution is -0.133. The molecule has 1 unspecified atom stereocenters. The number of rotatable bonds is 9. The van der Waals surface area contributed by atoms with Crippen molar-refractivity contribution in [1.29, 1.82) is 0 Å². The molecule has 0 aliphatic heterocycles. The molecule has 1 heterocycles. The Hall–Kier alpha value is -1.32. The first-order valence-corrected chi connectivity index (χ1v) is 13.8. The molecular formula is C23H35N3O4S2. The van der Waals surface area contributed by atoms with Crippen molar-refractivity contribution >= 4 is 40.2 Å². The van der Waals surface area contributed by atoms with Gasteiger partial charge in [-0.15, -0.1) is 11.8 Å². The number of amides is 2. The van der Waals surface area contributed by atoms with Gasteiger partial charge in [0.25, 0.3) is 0 Å². The molecule has 0 radical (unpaired) electrons. The number of methoxy groups -OCH3 is 1. The molecule has 2 N–H and O–H groups in total. The van der Waals surface area contributed by atoms with Crippen LogP contribution in [0.4, 0.5) is 9.93 Å². The van der Waals surface area contributed by atoms with E-state index in [2.05, 4.69) is 15.2 Å². The zero-order valence-electron chi connectivity index (χ0n) is 18.8. The molecule has 0 aromatic carbocycles. The third kappa shape index (κ3) is 6.17.